The minimum Gasteiger partial charge on any atom is -0.481 e. The molecule has 72 valence electrons. The first-order chi connectivity index (χ1) is 6.24. The lowest BCUT2D eigenvalue weighted by atomic mass is 10.3. The largest absolute Gasteiger partial charge is 0.481 e. The van der Waals surface area contributed by atoms with E-state index in [0.29, 0.717) is 25.6 Å². The normalized spacial score (nSPS) is 15.7. The molecule has 0 aromatic rings. The average Bonchev–Trinajstić information content (AvgIpc) is 2.87. The van der Waals surface area contributed by atoms with Crippen LogP contribution in [-0.4, -0.2) is 35.1 Å². The van der Waals surface area contributed by atoms with Gasteiger partial charge in [-0.3, -0.25) is 9.69 Å². The molecule has 0 aromatic carbocycles. The topological polar surface area (TPSA) is 64.3 Å². The summed E-state index contributed by atoms with van der Waals surface area (Å²) < 4.78 is 0. The highest BCUT2D eigenvalue weighted by atomic mass is 16.4. The van der Waals surface area contributed by atoms with E-state index in [0.717, 1.165) is 12.8 Å². The lowest BCUT2D eigenvalue weighted by Crippen LogP contribution is -2.29. The van der Waals surface area contributed by atoms with E-state index in [1.807, 2.05) is 0 Å². The van der Waals surface area contributed by atoms with Gasteiger partial charge in [0.2, 0.25) is 0 Å². The lowest BCUT2D eigenvalue weighted by molar-refractivity contribution is -0.137. The Labute approximate surface area is 77.8 Å². The van der Waals surface area contributed by atoms with Crippen molar-refractivity contribution in [3.8, 4) is 6.07 Å². The van der Waals surface area contributed by atoms with Crippen LogP contribution in [0.1, 0.15) is 25.7 Å². The predicted molar refractivity (Wildman–Crippen MR) is 47.1 cm³/mol. The van der Waals surface area contributed by atoms with Crippen LogP contribution in [0.5, 0.6) is 0 Å². The van der Waals surface area contributed by atoms with Gasteiger partial charge in [0, 0.05) is 25.6 Å². The third kappa shape index (κ3) is 3.90. The summed E-state index contributed by atoms with van der Waals surface area (Å²) in [6.45, 7) is 1.30. The summed E-state index contributed by atoms with van der Waals surface area (Å²) >= 11 is 0. The van der Waals surface area contributed by atoms with Crippen molar-refractivity contribution in [2.24, 2.45) is 0 Å². The second-order valence-electron chi connectivity index (χ2n) is 3.32. The van der Waals surface area contributed by atoms with Crippen molar-refractivity contribution >= 4 is 5.97 Å². The molecule has 1 fully saturated rings. The molecule has 1 aliphatic carbocycles. The Hall–Kier alpha value is -1.08. The third-order valence-corrected chi connectivity index (χ3v) is 2.19. The van der Waals surface area contributed by atoms with Crippen LogP contribution in [0.3, 0.4) is 0 Å². The Morgan fingerprint density at radius 3 is 2.69 bits per heavy atom. The Morgan fingerprint density at radius 1 is 1.54 bits per heavy atom. The number of carbonyl (C=O) groups is 1. The highest BCUT2D eigenvalue weighted by Gasteiger charge is 2.28. The number of nitriles is 1. The molecule has 0 bridgehead atoms. The summed E-state index contributed by atoms with van der Waals surface area (Å²) in [6, 6.07) is 2.63. The predicted octanol–water partition coefficient (Wildman–Crippen LogP) is 0.839. The molecule has 0 saturated heterocycles. The van der Waals surface area contributed by atoms with E-state index >= 15 is 0 Å². The molecule has 0 heterocycles. The molecule has 0 aliphatic heterocycles. The fourth-order valence-corrected chi connectivity index (χ4v) is 1.35. The number of aliphatic carboxylic acids is 1. The van der Waals surface area contributed by atoms with Crippen molar-refractivity contribution in [2.75, 3.05) is 13.1 Å². The number of carboxylic acids is 1. The van der Waals surface area contributed by atoms with Gasteiger partial charge in [0.1, 0.15) is 0 Å². The molecular weight excluding hydrogens is 168 g/mol. The number of hydrogen-bond donors (Lipinski definition) is 1. The van der Waals surface area contributed by atoms with E-state index in [1.54, 1.807) is 0 Å². The molecule has 0 amide bonds. The summed E-state index contributed by atoms with van der Waals surface area (Å²) in [6.07, 6.45) is 2.99. The monoisotopic (exact) mass is 182 g/mol. The van der Waals surface area contributed by atoms with Crippen LogP contribution in [0.2, 0.25) is 0 Å². The van der Waals surface area contributed by atoms with E-state index in [9.17, 15) is 4.79 Å². The quantitative estimate of drug-likeness (QED) is 0.661. The van der Waals surface area contributed by atoms with Gasteiger partial charge in [-0.15, -0.1) is 0 Å². The van der Waals surface area contributed by atoms with Crippen LogP contribution in [0.15, 0.2) is 0 Å². The molecule has 4 nitrogen and oxygen atoms in total. The number of carboxylic acid groups (broad SMARTS) is 1. The van der Waals surface area contributed by atoms with Gasteiger partial charge in [0.15, 0.2) is 0 Å². The minimum atomic E-state index is -0.761. The van der Waals surface area contributed by atoms with Gasteiger partial charge in [-0.1, -0.05) is 0 Å². The van der Waals surface area contributed by atoms with Crippen LogP contribution in [-0.2, 0) is 4.79 Å². The molecule has 0 atom stereocenters. The zero-order chi connectivity index (χ0) is 9.68. The fourth-order valence-electron chi connectivity index (χ4n) is 1.35. The Morgan fingerprint density at radius 2 is 2.23 bits per heavy atom. The van der Waals surface area contributed by atoms with Crippen molar-refractivity contribution in [2.45, 2.75) is 31.7 Å². The van der Waals surface area contributed by atoms with Crippen LogP contribution in [0, 0.1) is 11.3 Å². The molecule has 1 N–H and O–H groups in total. The van der Waals surface area contributed by atoms with E-state index in [2.05, 4.69) is 11.0 Å². The Kier molecular flexibility index (Phi) is 3.71. The summed E-state index contributed by atoms with van der Waals surface area (Å²) in [5.41, 5.74) is 0. The Bertz CT molecular complexity index is 218. The standard InChI is InChI=1S/C9H14N2O2/c10-5-1-6-11(8-2-3-8)7-4-9(12)13/h8H,1-4,6-7H2,(H,12,13). The molecule has 1 saturated carbocycles. The SMILES string of the molecule is N#CCCN(CCC(=O)O)C1CC1. The first-order valence-corrected chi connectivity index (χ1v) is 4.57. The first kappa shape index (κ1) is 10.0. The van der Waals surface area contributed by atoms with Crippen molar-refractivity contribution in [3.63, 3.8) is 0 Å². The number of hydrogen-bond acceptors (Lipinski definition) is 3. The fraction of sp³-hybridized carbons (Fsp3) is 0.778. The Balaban J connectivity index is 2.21. The molecule has 0 spiro atoms. The molecule has 0 aromatic heterocycles. The minimum absolute atomic E-state index is 0.182. The smallest absolute Gasteiger partial charge is 0.304 e. The van der Waals surface area contributed by atoms with E-state index in [4.69, 9.17) is 10.4 Å². The summed E-state index contributed by atoms with van der Waals surface area (Å²) in [7, 11) is 0. The van der Waals surface area contributed by atoms with Gasteiger partial charge in [-0.25, -0.2) is 0 Å². The van der Waals surface area contributed by atoms with Crippen molar-refractivity contribution in [3.05, 3.63) is 0 Å². The lowest BCUT2D eigenvalue weighted by Gasteiger charge is -2.18. The zero-order valence-electron chi connectivity index (χ0n) is 7.57. The van der Waals surface area contributed by atoms with E-state index in [1.165, 1.54) is 0 Å². The highest BCUT2D eigenvalue weighted by Crippen LogP contribution is 2.26. The van der Waals surface area contributed by atoms with Gasteiger partial charge in [-0.05, 0) is 12.8 Å². The van der Waals surface area contributed by atoms with Crippen LogP contribution >= 0.6 is 0 Å². The average molecular weight is 182 g/mol. The number of rotatable bonds is 6. The van der Waals surface area contributed by atoms with Gasteiger partial charge in [0.05, 0.1) is 12.5 Å². The van der Waals surface area contributed by atoms with Gasteiger partial charge < -0.3 is 5.11 Å². The van der Waals surface area contributed by atoms with Gasteiger partial charge >= 0.3 is 5.97 Å². The van der Waals surface area contributed by atoms with E-state index in [-0.39, 0.29) is 6.42 Å². The van der Waals surface area contributed by atoms with Gasteiger partial charge in [-0.2, -0.15) is 5.26 Å². The first-order valence-electron chi connectivity index (χ1n) is 4.57. The maximum absolute atomic E-state index is 10.3. The molecule has 1 rings (SSSR count). The third-order valence-electron chi connectivity index (χ3n) is 2.19. The summed E-state index contributed by atoms with van der Waals surface area (Å²) in [5, 5.41) is 16.9. The van der Waals surface area contributed by atoms with Crippen molar-refractivity contribution in [1.82, 2.24) is 4.90 Å². The molecular formula is C9H14N2O2. The van der Waals surface area contributed by atoms with Crippen LogP contribution < -0.4 is 0 Å². The van der Waals surface area contributed by atoms with Gasteiger partial charge in [0.25, 0.3) is 0 Å². The van der Waals surface area contributed by atoms with E-state index < -0.39 is 5.97 Å². The van der Waals surface area contributed by atoms with Crippen LogP contribution in [0.4, 0.5) is 0 Å². The highest BCUT2D eigenvalue weighted by molar-refractivity contribution is 5.66. The maximum atomic E-state index is 10.3. The van der Waals surface area contributed by atoms with Crippen molar-refractivity contribution < 1.29 is 9.90 Å². The molecule has 0 unspecified atom stereocenters. The molecule has 13 heavy (non-hydrogen) atoms. The molecule has 0 radical (unpaired) electrons. The zero-order valence-corrected chi connectivity index (χ0v) is 7.57. The summed E-state index contributed by atoms with van der Waals surface area (Å²) in [4.78, 5) is 12.4. The second kappa shape index (κ2) is 4.83. The second-order valence-corrected chi connectivity index (χ2v) is 3.32. The van der Waals surface area contributed by atoms with Crippen molar-refractivity contribution in [1.29, 1.82) is 5.26 Å². The molecule has 4 heteroatoms. The van der Waals surface area contributed by atoms with Crippen LogP contribution in [0.25, 0.3) is 0 Å². The molecule has 1 aliphatic rings. The maximum Gasteiger partial charge on any atom is 0.304 e. The summed E-state index contributed by atoms with van der Waals surface area (Å²) in [5.74, 6) is -0.761. The number of nitrogens with zero attached hydrogens (tertiary/aromatic N) is 2.